The van der Waals surface area contributed by atoms with Crippen LogP contribution in [0.1, 0.15) is 19.0 Å². The predicted octanol–water partition coefficient (Wildman–Crippen LogP) is 3.10. The molecule has 6 heteroatoms. The number of amides is 1. The van der Waals surface area contributed by atoms with Crippen LogP contribution >= 0.6 is 11.8 Å². The number of nitrogens with zero attached hydrogens (tertiary/aromatic N) is 1. The van der Waals surface area contributed by atoms with E-state index in [0.29, 0.717) is 11.6 Å². The van der Waals surface area contributed by atoms with Crippen LogP contribution in [0.15, 0.2) is 35.2 Å². The standard InChI is InChI=1S/C15H19N3O2S/c1-3-4-11-9-14(18-17-11)16-15(19)10-21-13-7-5-12(20-2)6-8-13/h5-9H,3-4,10H2,1-2H3,(H2,16,17,18,19). The lowest BCUT2D eigenvalue weighted by atomic mass is 10.2. The van der Waals surface area contributed by atoms with Crippen molar-refractivity contribution in [1.82, 2.24) is 10.2 Å². The number of hydrogen-bond acceptors (Lipinski definition) is 4. The number of aromatic amines is 1. The van der Waals surface area contributed by atoms with E-state index in [4.69, 9.17) is 4.74 Å². The van der Waals surface area contributed by atoms with Crippen LogP contribution in [-0.4, -0.2) is 29.0 Å². The summed E-state index contributed by atoms with van der Waals surface area (Å²) in [6.07, 6.45) is 1.98. The molecule has 21 heavy (non-hydrogen) atoms. The van der Waals surface area contributed by atoms with Crippen LogP contribution < -0.4 is 10.1 Å². The van der Waals surface area contributed by atoms with E-state index in [1.54, 1.807) is 7.11 Å². The van der Waals surface area contributed by atoms with E-state index in [9.17, 15) is 4.79 Å². The first-order chi connectivity index (χ1) is 10.2. The van der Waals surface area contributed by atoms with E-state index in [1.165, 1.54) is 11.8 Å². The maximum Gasteiger partial charge on any atom is 0.235 e. The molecular formula is C15H19N3O2S. The summed E-state index contributed by atoms with van der Waals surface area (Å²) in [4.78, 5) is 12.9. The van der Waals surface area contributed by atoms with Gasteiger partial charge in [0.2, 0.25) is 5.91 Å². The molecule has 0 saturated heterocycles. The first-order valence-corrected chi connectivity index (χ1v) is 7.81. The maximum absolute atomic E-state index is 11.9. The number of carbonyl (C=O) groups is 1. The molecule has 2 aromatic rings. The molecule has 0 aliphatic carbocycles. The summed E-state index contributed by atoms with van der Waals surface area (Å²) in [6, 6.07) is 9.50. The van der Waals surface area contributed by atoms with Crippen molar-refractivity contribution in [3.05, 3.63) is 36.0 Å². The highest BCUT2D eigenvalue weighted by molar-refractivity contribution is 8.00. The lowest BCUT2D eigenvalue weighted by Gasteiger charge is -2.03. The quantitative estimate of drug-likeness (QED) is 0.771. The van der Waals surface area contributed by atoms with Crippen LogP contribution in [0.25, 0.3) is 0 Å². The summed E-state index contributed by atoms with van der Waals surface area (Å²) >= 11 is 1.48. The van der Waals surface area contributed by atoms with Crippen molar-refractivity contribution in [2.45, 2.75) is 24.7 Å². The van der Waals surface area contributed by atoms with Gasteiger partial charge in [0.1, 0.15) is 5.75 Å². The number of aryl methyl sites for hydroxylation is 1. The summed E-state index contributed by atoms with van der Waals surface area (Å²) in [5.41, 5.74) is 1.04. The molecule has 0 fully saturated rings. The minimum absolute atomic E-state index is 0.0645. The summed E-state index contributed by atoms with van der Waals surface area (Å²) in [5.74, 6) is 1.68. The van der Waals surface area contributed by atoms with E-state index in [-0.39, 0.29) is 5.91 Å². The number of anilines is 1. The zero-order chi connectivity index (χ0) is 15.1. The van der Waals surface area contributed by atoms with Crippen molar-refractivity contribution < 1.29 is 9.53 Å². The number of thioether (sulfide) groups is 1. The second-order valence-corrected chi connectivity index (χ2v) is 5.59. The topological polar surface area (TPSA) is 67.0 Å². The molecular weight excluding hydrogens is 286 g/mol. The number of carbonyl (C=O) groups excluding carboxylic acids is 1. The Kier molecular flexibility index (Phi) is 5.68. The zero-order valence-corrected chi connectivity index (χ0v) is 13.0. The largest absolute Gasteiger partial charge is 0.497 e. The Morgan fingerprint density at radius 1 is 1.38 bits per heavy atom. The molecule has 0 saturated carbocycles. The molecule has 0 aliphatic heterocycles. The number of aromatic nitrogens is 2. The van der Waals surface area contributed by atoms with E-state index in [1.807, 2.05) is 30.3 Å². The lowest BCUT2D eigenvalue weighted by molar-refractivity contribution is -0.113. The van der Waals surface area contributed by atoms with Crippen molar-refractivity contribution >= 4 is 23.5 Å². The number of ether oxygens (including phenoxy) is 1. The second kappa shape index (κ2) is 7.73. The van der Waals surface area contributed by atoms with Gasteiger partial charge >= 0.3 is 0 Å². The number of benzene rings is 1. The van der Waals surface area contributed by atoms with Crippen LogP contribution in [0.3, 0.4) is 0 Å². The Labute approximate surface area is 128 Å². The van der Waals surface area contributed by atoms with Gasteiger partial charge in [0.25, 0.3) is 0 Å². The summed E-state index contributed by atoms with van der Waals surface area (Å²) < 4.78 is 5.10. The Hall–Kier alpha value is -1.95. The van der Waals surface area contributed by atoms with Crippen molar-refractivity contribution in [3.8, 4) is 5.75 Å². The smallest absolute Gasteiger partial charge is 0.235 e. The van der Waals surface area contributed by atoms with E-state index >= 15 is 0 Å². The van der Waals surface area contributed by atoms with Crippen LogP contribution in [0.5, 0.6) is 5.75 Å². The Bertz CT molecular complexity index is 581. The number of methoxy groups -OCH3 is 1. The molecule has 2 N–H and O–H groups in total. The van der Waals surface area contributed by atoms with Crippen LogP contribution in [0.4, 0.5) is 5.82 Å². The minimum atomic E-state index is -0.0645. The molecule has 0 unspecified atom stereocenters. The Morgan fingerprint density at radius 2 is 2.14 bits per heavy atom. The summed E-state index contributed by atoms with van der Waals surface area (Å²) in [5, 5.41) is 9.77. The highest BCUT2D eigenvalue weighted by Gasteiger charge is 2.06. The van der Waals surface area contributed by atoms with Crippen LogP contribution in [0, 0.1) is 0 Å². The van der Waals surface area contributed by atoms with Crippen molar-refractivity contribution in [2.24, 2.45) is 0 Å². The fraction of sp³-hybridized carbons (Fsp3) is 0.333. The molecule has 5 nitrogen and oxygen atoms in total. The highest BCUT2D eigenvalue weighted by Crippen LogP contribution is 2.21. The van der Waals surface area contributed by atoms with Crippen LogP contribution in [-0.2, 0) is 11.2 Å². The minimum Gasteiger partial charge on any atom is -0.497 e. The number of H-pyrrole nitrogens is 1. The molecule has 1 aromatic carbocycles. The van der Waals surface area contributed by atoms with Gasteiger partial charge in [0.15, 0.2) is 5.82 Å². The number of hydrogen-bond donors (Lipinski definition) is 2. The lowest BCUT2D eigenvalue weighted by Crippen LogP contribution is -2.14. The predicted molar refractivity (Wildman–Crippen MR) is 84.9 cm³/mol. The average molecular weight is 305 g/mol. The normalized spacial score (nSPS) is 10.4. The first kappa shape index (κ1) is 15.4. The average Bonchev–Trinajstić information content (AvgIpc) is 2.93. The van der Waals surface area contributed by atoms with Crippen molar-refractivity contribution in [3.63, 3.8) is 0 Å². The molecule has 0 radical (unpaired) electrons. The molecule has 0 atom stereocenters. The Morgan fingerprint density at radius 3 is 2.81 bits per heavy atom. The third-order valence-electron chi connectivity index (χ3n) is 2.85. The molecule has 1 amide bonds. The summed E-state index contributed by atoms with van der Waals surface area (Å²) in [6.45, 7) is 2.10. The van der Waals surface area contributed by atoms with Gasteiger partial charge in [0, 0.05) is 16.7 Å². The van der Waals surface area contributed by atoms with Gasteiger partial charge in [-0.3, -0.25) is 9.89 Å². The van der Waals surface area contributed by atoms with Crippen LogP contribution in [0.2, 0.25) is 0 Å². The molecule has 112 valence electrons. The third kappa shape index (κ3) is 4.82. The van der Waals surface area contributed by atoms with Gasteiger partial charge in [-0.25, -0.2) is 0 Å². The van der Waals surface area contributed by atoms with Gasteiger partial charge < -0.3 is 10.1 Å². The van der Waals surface area contributed by atoms with E-state index < -0.39 is 0 Å². The second-order valence-electron chi connectivity index (χ2n) is 4.54. The third-order valence-corrected chi connectivity index (χ3v) is 3.86. The van der Waals surface area contributed by atoms with Gasteiger partial charge in [-0.1, -0.05) is 13.3 Å². The molecule has 0 aliphatic rings. The number of rotatable bonds is 7. The van der Waals surface area contributed by atoms with Crippen molar-refractivity contribution in [2.75, 3.05) is 18.2 Å². The molecule has 1 aromatic heterocycles. The fourth-order valence-corrected chi connectivity index (χ4v) is 2.52. The van der Waals surface area contributed by atoms with E-state index in [0.717, 1.165) is 29.2 Å². The van der Waals surface area contributed by atoms with Gasteiger partial charge in [0.05, 0.1) is 12.9 Å². The highest BCUT2D eigenvalue weighted by atomic mass is 32.2. The SMILES string of the molecule is CCCc1cc(NC(=O)CSc2ccc(OC)cc2)n[nH]1. The monoisotopic (exact) mass is 305 g/mol. The zero-order valence-electron chi connectivity index (χ0n) is 12.2. The number of nitrogens with one attached hydrogen (secondary N) is 2. The molecule has 2 rings (SSSR count). The van der Waals surface area contributed by atoms with E-state index in [2.05, 4.69) is 22.4 Å². The van der Waals surface area contributed by atoms with Gasteiger partial charge in [-0.2, -0.15) is 5.10 Å². The van der Waals surface area contributed by atoms with Crippen molar-refractivity contribution in [1.29, 1.82) is 0 Å². The van der Waals surface area contributed by atoms with Gasteiger partial charge in [-0.15, -0.1) is 11.8 Å². The fourth-order valence-electron chi connectivity index (χ4n) is 1.82. The van der Waals surface area contributed by atoms with Gasteiger partial charge in [-0.05, 0) is 30.7 Å². The molecule has 0 spiro atoms. The molecule has 0 bridgehead atoms. The first-order valence-electron chi connectivity index (χ1n) is 6.82. The maximum atomic E-state index is 11.9. The molecule has 1 heterocycles. The Balaban J connectivity index is 1.80. The summed E-state index contributed by atoms with van der Waals surface area (Å²) in [7, 11) is 1.63.